The fraction of sp³-hybridized carbons (Fsp3) is 0.560. The number of benzene rings is 1. The Balaban J connectivity index is 1.22. The van der Waals surface area contributed by atoms with Crippen LogP contribution in [0.5, 0.6) is 0 Å². The number of imidazole rings is 1. The highest BCUT2D eigenvalue weighted by Gasteiger charge is 2.21. The molecule has 1 aliphatic heterocycles. The zero-order chi connectivity index (χ0) is 25.8. The van der Waals surface area contributed by atoms with Crippen LogP contribution in [0.15, 0.2) is 45.1 Å². The van der Waals surface area contributed by atoms with Crippen LogP contribution in [0.4, 0.5) is 0 Å². The highest BCUT2D eigenvalue weighted by atomic mass is 32.2. The Kier molecular flexibility index (Phi) is 8.55. The van der Waals surface area contributed by atoms with Crippen LogP contribution in [-0.2, 0) is 37.9 Å². The third kappa shape index (κ3) is 5.86. The molecule has 196 valence electrons. The van der Waals surface area contributed by atoms with Crippen molar-refractivity contribution < 1.29 is 9.32 Å². The molecule has 11 heteroatoms. The van der Waals surface area contributed by atoms with E-state index in [0.717, 1.165) is 55.0 Å². The number of aryl methyl sites for hydroxylation is 2. The van der Waals surface area contributed by atoms with E-state index in [-0.39, 0.29) is 6.54 Å². The van der Waals surface area contributed by atoms with Gasteiger partial charge in [-0.15, -0.1) is 0 Å². The minimum atomic E-state index is -0.965. The second kappa shape index (κ2) is 11.6. The molecule has 1 fully saturated rings. The molecule has 0 spiro atoms. The number of hydrogen-bond acceptors (Lipinski definition) is 7. The molecule has 1 aromatic carbocycles. The average Bonchev–Trinajstić information content (AvgIpc) is 3.30. The molecule has 2 aromatic heterocycles. The second-order valence-electron chi connectivity index (χ2n) is 9.47. The number of aromatic nitrogens is 4. The number of fused-ring (bicyclic) bond motifs is 1. The summed E-state index contributed by atoms with van der Waals surface area (Å²) in [5.74, 6) is 0.661. The first-order valence-electron chi connectivity index (χ1n) is 12.5. The predicted molar refractivity (Wildman–Crippen MR) is 141 cm³/mol. The van der Waals surface area contributed by atoms with Gasteiger partial charge >= 0.3 is 5.69 Å². The maximum atomic E-state index is 12.6. The van der Waals surface area contributed by atoms with Gasteiger partial charge in [0.15, 0.2) is 11.2 Å². The Morgan fingerprint density at radius 2 is 1.67 bits per heavy atom. The molecule has 1 saturated heterocycles. The summed E-state index contributed by atoms with van der Waals surface area (Å²) in [6, 6.07) is 8.06. The molecular formula is C25H36N6O4S. The van der Waals surface area contributed by atoms with E-state index in [1.165, 1.54) is 23.5 Å². The van der Waals surface area contributed by atoms with Crippen molar-refractivity contribution in [1.82, 2.24) is 28.5 Å². The van der Waals surface area contributed by atoms with Crippen LogP contribution in [0.1, 0.15) is 18.9 Å². The lowest BCUT2D eigenvalue weighted by atomic mass is 10.2. The molecule has 2 atom stereocenters. The lowest BCUT2D eigenvalue weighted by Gasteiger charge is -2.35. The fourth-order valence-corrected chi connectivity index (χ4v) is 5.79. The van der Waals surface area contributed by atoms with E-state index in [4.69, 9.17) is 0 Å². The zero-order valence-corrected chi connectivity index (χ0v) is 22.1. The van der Waals surface area contributed by atoms with E-state index in [0.29, 0.717) is 23.5 Å². The van der Waals surface area contributed by atoms with Gasteiger partial charge in [0, 0.05) is 57.5 Å². The van der Waals surface area contributed by atoms with E-state index in [2.05, 4.69) is 33.8 Å². The van der Waals surface area contributed by atoms with E-state index in [9.17, 15) is 18.9 Å². The number of aliphatic hydroxyl groups excluding tert-OH is 1. The molecule has 3 heterocycles. The number of nitrogens with zero attached hydrogens (tertiary/aromatic N) is 6. The van der Waals surface area contributed by atoms with Crippen molar-refractivity contribution >= 4 is 22.0 Å². The molecule has 10 nitrogen and oxygen atoms in total. The van der Waals surface area contributed by atoms with Gasteiger partial charge < -0.3 is 14.6 Å². The predicted octanol–water partition coefficient (Wildman–Crippen LogP) is 0.173. The summed E-state index contributed by atoms with van der Waals surface area (Å²) >= 11 is 0. The van der Waals surface area contributed by atoms with Crippen LogP contribution in [0.25, 0.3) is 11.2 Å². The van der Waals surface area contributed by atoms with Crippen molar-refractivity contribution in [2.24, 2.45) is 14.1 Å². The van der Waals surface area contributed by atoms with Crippen LogP contribution in [0, 0.1) is 0 Å². The molecule has 3 aromatic rings. The Morgan fingerprint density at radius 3 is 2.33 bits per heavy atom. The molecule has 36 heavy (non-hydrogen) atoms. The number of rotatable bonds is 10. The molecule has 1 N–H and O–H groups in total. The molecule has 0 bridgehead atoms. The SMILES string of the molecule is CCc1ccc(S(=O)CCCN2CCN(CC(O)Cn3cnc4c3c(=O)n(C)c(=O)n4C)CC2)cc1. The molecule has 4 rings (SSSR count). The standard InChI is InChI=1S/C25H36N6O4S/c1-4-19-6-8-21(9-7-19)36(35)15-5-10-29-11-13-30(14-12-29)16-20(32)17-31-18-26-23-22(31)24(33)28(3)25(34)27(23)2/h6-9,18,20,32H,4-5,10-17H2,1-3H3. The number of β-amino-alcohol motifs (C(OH)–C–C–N with tert-alkyl or cyclic N) is 1. The lowest BCUT2D eigenvalue weighted by molar-refractivity contribution is 0.0650. The molecule has 2 unspecified atom stereocenters. The first kappa shape index (κ1) is 26.5. The highest BCUT2D eigenvalue weighted by molar-refractivity contribution is 7.85. The summed E-state index contributed by atoms with van der Waals surface area (Å²) in [6.45, 7) is 7.26. The minimum absolute atomic E-state index is 0.231. The van der Waals surface area contributed by atoms with Crippen LogP contribution in [0.3, 0.4) is 0 Å². The quantitative estimate of drug-likeness (QED) is 0.410. The second-order valence-corrected chi connectivity index (χ2v) is 11.0. The lowest BCUT2D eigenvalue weighted by Crippen LogP contribution is -2.49. The maximum Gasteiger partial charge on any atom is 0.332 e. The zero-order valence-electron chi connectivity index (χ0n) is 21.3. The van der Waals surface area contributed by atoms with E-state index in [1.54, 1.807) is 11.6 Å². The van der Waals surface area contributed by atoms with Crippen molar-refractivity contribution in [2.45, 2.75) is 37.3 Å². The molecule has 0 amide bonds. The van der Waals surface area contributed by atoms with Crippen molar-refractivity contribution in [2.75, 3.05) is 45.0 Å². The summed E-state index contributed by atoms with van der Waals surface area (Å²) in [5.41, 5.74) is 1.07. The van der Waals surface area contributed by atoms with Crippen LogP contribution in [-0.4, -0.2) is 88.9 Å². The van der Waals surface area contributed by atoms with Gasteiger partial charge in [0.2, 0.25) is 0 Å². The number of piperazine rings is 1. The summed E-state index contributed by atoms with van der Waals surface area (Å²) in [4.78, 5) is 34.4. The van der Waals surface area contributed by atoms with Crippen molar-refractivity contribution in [1.29, 1.82) is 0 Å². The van der Waals surface area contributed by atoms with Crippen LogP contribution in [0.2, 0.25) is 0 Å². The monoisotopic (exact) mass is 516 g/mol. The van der Waals surface area contributed by atoms with E-state index >= 15 is 0 Å². The Bertz CT molecular complexity index is 1320. The van der Waals surface area contributed by atoms with Gasteiger partial charge in [-0.3, -0.25) is 23.0 Å². The molecule has 0 saturated carbocycles. The first-order chi connectivity index (χ1) is 17.3. The molecule has 0 aliphatic carbocycles. The highest BCUT2D eigenvalue weighted by Crippen LogP contribution is 2.12. The third-order valence-electron chi connectivity index (χ3n) is 6.96. The van der Waals surface area contributed by atoms with Gasteiger partial charge in [0.25, 0.3) is 5.56 Å². The van der Waals surface area contributed by atoms with Crippen molar-refractivity contribution in [3.63, 3.8) is 0 Å². The Morgan fingerprint density at radius 1 is 1.00 bits per heavy atom. The molecular weight excluding hydrogens is 480 g/mol. The van der Waals surface area contributed by atoms with E-state index < -0.39 is 28.2 Å². The van der Waals surface area contributed by atoms with Crippen LogP contribution >= 0.6 is 0 Å². The van der Waals surface area contributed by atoms with Crippen molar-refractivity contribution in [3.05, 3.63) is 57.0 Å². The Labute approximate surface area is 213 Å². The number of aliphatic hydroxyl groups is 1. The van der Waals surface area contributed by atoms with Crippen molar-refractivity contribution in [3.8, 4) is 0 Å². The minimum Gasteiger partial charge on any atom is -0.390 e. The summed E-state index contributed by atoms with van der Waals surface area (Å²) < 4.78 is 16.6. The first-order valence-corrected chi connectivity index (χ1v) is 13.8. The van der Waals surface area contributed by atoms with Gasteiger partial charge in [-0.2, -0.15) is 0 Å². The maximum absolute atomic E-state index is 12.6. The van der Waals surface area contributed by atoms with Gasteiger partial charge in [-0.25, -0.2) is 9.78 Å². The summed E-state index contributed by atoms with van der Waals surface area (Å²) in [5, 5.41) is 10.7. The molecule has 0 radical (unpaired) electrons. The largest absolute Gasteiger partial charge is 0.390 e. The average molecular weight is 517 g/mol. The number of hydrogen-bond donors (Lipinski definition) is 1. The van der Waals surface area contributed by atoms with Gasteiger partial charge in [-0.1, -0.05) is 19.1 Å². The normalized spacial score (nSPS) is 17.0. The topological polar surface area (TPSA) is 106 Å². The van der Waals surface area contributed by atoms with Crippen LogP contribution < -0.4 is 11.2 Å². The Hall–Kier alpha value is -2.60. The third-order valence-corrected chi connectivity index (χ3v) is 8.41. The van der Waals surface area contributed by atoms with E-state index in [1.807, 2.05) is 12.1 Å². The summed E-state index contributed by atoms with van der Waals surface area (Å²) in [6.07, 6.45) is 2.71. The summed E-state index contributed by atoms with van der Waals surface area (Å²) in [7, 11) is 2.06. The molecule has 1 aliphatic rings. The van der Waals surface area contributed by atoms with Gasteiger partial charge in [0.05, 0.1) is 29.8 Å². The smallest absolute Gasteiger partial charge is 0.332 e. The fourth-order valence-electron chi connectivity index (χ4n) is 4.73. The van der Waals surface area contributed by atoms with Gasteiger partial charge in [-0.05, 0) is 37.1 Å². The van der Waals surface area contributed by atoms with Gasteiger partial charge in [0.1, 0.15) is 0 Å².